The second-order valence-corrected chi connectivity index (χ2v) is 5.79. The SMILES string of the molecule is O=[N+]([O-])c1ccc(Sc2ccc([N+](=O)[O-])c3nonc23)c2nonc12. The molecule has 0 aliphatic rings. The Morgan fingerprint density at radius 1 is 0.720 bits per heavy atom. The lowest BCUT2D eigenvalue weighted by Gasteiger charge is -2.02. The Morgan fingerprint density at radius 2 is 1.12 bits per heavy atom. The van der Waals surface area contributed by atoms with Crippen LogP contribution in [0, 0.1) is 20.2 Å². The van der Waals surface area contributed by atoms with E-state index in [0.717, 1.165) is 11.8 Å². The van der Waals surface area contributed by atoms with Crippen LogP contribution in [0.1, 0.15) is 0 Å². The summed E-state index contributed by atoms with van der Waals surface area (Å²) in [6.07, 6.45) is 0. The average Bonchev–Trinajstić information content (AvgIpc) is 3.24. The van der Waals surface area contributed by atoms with Gasteiger partial charge in [0.2, 0.25) is 11.0 Å². The van der Waals surface area contributed by atoms with E-state index in [0.29, 0.717) is 9.79 Å². The molecule has 2 aromatic heterocycles. The Balaban J connectivity index is 1.84. The molecule has 0 unspecified atom stereocenters. The summed E-state index contributed by atoms with van der Waals surface area (Å²) in [4.78, 5) is 21.9. The minimum atomic E-state index is -0.591. The fourth-order valence-corrected chi connectivity index (χ4v) is 3.21. The molecule has 124 valence electrons. The highest BCUT2D eigenvalue weighted by molar-refractivity contribution is 7.99. The molecule has 2 heterocycles. The molecule has 2 aromatic carbocycles. The first-order valence-corrected chi connectivity index (χ1v) is 7.35. The van der Waals surface area contributed by atoms with Crippen LogP contribution >= 0.6 is 11.8 Å². The molecule has 0 N–H and O–H groups in total. The summed E-state index contributed by atoms with van der Waals surface area (Å²) in [5.74, 6) is 0. The second-order valence-electron chi connectivity index (χ2n) is 4.70. The summed E-state index contributed by atoms with van der Waals surface area (Å²) < 4.78 is 9.21. The van der Waals surface area contributed by atoms with E-state index in [1.165, 1.54) is 24.3 Å². The number of fused-ring (bicyclic) bond motifs is 2. The number of aromatic nitrogens is 4. The predicted molar refractivity (Wildman–Crippen MR) is 81.0 cm³/mol. The molecule has 0 aliphatic heterocycles. The molecule has 25 heavy (non-hydrogen) atoms. The molecule has 0 fully saturated rings. The summed E-state index contributed by atoms with van der Waals surface area (Å²) in [5, 5.41) is 36.5. The molecule has 12 nitrogen and oxygen atoms in total. The maximum absolute atomic E-state index is 11.0. The van der Waals surface area contributed by atoms with Crippen LogP contribution in [0.5, 0.6) is 0 Å². The highest BCUT2D eigenvalue weighted by Crippen LogP contribution is 2.39. The van der Waals surface area contributed by atoms with E-state index in [1.54, 1.807) is 0 Å². The zero-order chi connectivity index (χ0) is 17.6. The van der Waals surface area contributed by atoms with Gasteiger partial charge in [0, 0.05) is 21.9 Å². The summed E-state index contributed by atoms with van der Waals surface area (Å²) in [6.45, 7) is 0. The van der Waals surface area contributed by atoms with Crippen LogP contribution in [0.4, 0.5) is 11.4 Å². The summed E-state index contributed by atoms with van der Waals surface area (Å²) in [7, 11) is 0. The first kappa shape index (κ1) is 14.9. The van der Waals surface area contributed by atoms with Gasteiger partial charge in [-0.2, -0.15) is 0 Å². The van der Waals surface area contributed by atoms with E-state index in [2.05, 4.69) is 29.9 Å². The number of benzene rings is 2. The fraction of sp³-hybridized carbons (Fsp3) is 0. The number of nitro groups is 2. The van der Waals surface area contributed by atoms with Crippen LogP contribution in [0.25, 0.3) is 22.1 Å². The molecule has 0 aliphatic carbocycles. The van der Waals surface area contributed by atoms with E-state index in [-0.39, 0.29) is 33.4 Å². The summed E-state index contributed by atoms with van der Waals surface area (Å²) in [5.41, 5.74) is -0.0720. The minimum absolute atomic E-state index is 0.00596. The number of non-ortho nitro benzene ring substituents is 2. The van der Waals surface area contributed by atoms with E-state index < -0.39 is 9.85 Å². The Hall–Kier alpha value is -3.61. The number of nitrogens with zero attached hydrogens (tertiary/aromatic N) is 6. The van der Waals surface area contributed by atoms with Crippen molar-refractivity contribution in [2.45, 2.75) is 9.79 Å². The standard InChI is InChI=1S/C12H4N6O6S/c19-17(20)5-1-3-7(11-9(5)13-23-15-11)25-8-4-2-6(18(21)22)10-12(8)16-24-14-10/h1-4H. The zero-order valence-corrected chi connectivity index (χ0v) is 12.7. The molecule has 0 amide bonds. The second kappa shape index (κ2) is 5.48. The number of hydrogen-bond acceptors (Lipinski definition) is 11. The number of hydrogen-bond donors (Lipinski definition) is 0. The normalized spacial score (nSPS) is 11.2. The van der Waals surface area contributed by atoms with Crippen molar-refractivity contribution in [1.29, 1.82) is 0 Å². The van der Waals surface area contributed by atoms with Crippen LogP contribution in [-0.2, 0) is 0 Å². The monoisotopic (exact) mass is 360 g/mol. The highest BCUT2D eigenvalue weighted by atomic mass is 32.2. The molecule has 0 atom stereocenters. The van der Waals surface area contributed by atoms with Crippen LogP contribution in [0.15, 0.2) is 43.3 Å². The lowest BCUT2D eigenvalue weighted by atomic mass is 10.2. The molecule has 4 aromatic rings. The van der Waals surface area contributed by atoms with Crippen LogP contribution in [-0.4, -0.2) is 30.5 Å². The maximum Gasteiger partial charge on any atom is 0.300 e. The third-order valence-corrected chi connectivity index (χ3v) is 4.43. The number of nitro benzene ring substituents is 2. The van der Waals surface area contributed by atoms with Crippen LogP contribution in [0.2, 0.25) is 0 Å². The maximum atomic E-state index is 11.0. The van der Waals surface area contributed by atoms with Crippen LogP contribution < -0.4 is 0 Å². The van der Waals surface area contributed by atoms with Gasteiger partial charge in [0.25, 0.3) is 0 Å². The van der Waals surface area contributed by atoms with Crippen molar-refractivity contribution in [3.8, 4) is 0 Å². The lowest BCUT2D eigenvalue weighted by Crippen LogP contribution is -1.91. The van der Waals surface area contributed by atoms with Gasteiger partial charge in [0.1, 0.15) is 0 Å². The van der Waals surface area contributed by atoms with Gasteiger partial charge >= 0.3 is 11.4 Å². The minimum Gasteiger partial charge on any atom is -0.258 e. The smallest absolute Gasteiger partial charge is 0.258 e. The Morgan fingerprint density at radius 3 is 1.52 bits per heavy atom. The van der Waals surface area contributed by atoms with Gasteiger partial charge < -0.3 is 0 Å². The van der Waals surface area contributed by atoms with Crippen molar-refractivity contribution >= 4 is 45.2 Å². The Bertz CT molecular complexity index is 1060. The summed E-state index contributed by atoms with van der Waals surface area (Å²) >= 11 is 1.13. The number of rotatable bonds is 4. The van der Waals surface area contributed by atoms with E-state index in [4.69, 9.17) is 0 Å². The lowest BCUT2D eigenvalue weighted by molar-refractivity contribution is -0.383. The molecule has 0 bridgehead atoms. The molecule has 0 radical (unpaired) electrons. The van der Waals surface area contributed by atoms with Gasteiger partial charge in [-0.3, -0.25) is 20.2 Å². The average molecular weight is 360 g/mol. The van der Waals surface area contributed by atoms with Crippen molar-refractivity contribution < 1.29 is 19.1 Å². The Labute approximate surface area is 140 Å². The summed E-state index contributed by atoms with van der Waals surface area (Å²) in [6, 6.07) is 5.52. The van der Waals surface area contributed by atoms with E-state index in [1.807, 2.05) is 0 Å². The fourth-order valence-electron chi connectivity index (χ4n) is 2.24. The first-order chi connectivity index (χ1) is 12.1. The zero-order valence-electron chi connectivity index (χ0n) is 11.9. The topological polar surface area (TPSA) is 164 Å². The third-order valence-electron chi connectivity index (χ3n) is 3.33. The van der Waals surface area contributed by atoms with Crippen molar-refractivity contribution in [3.63, 3.8) is 0 Å². The highest BCUT2D eigenvalue weighted by Gasteiger charge is 2.23. The van der Waals surface area contributed by atoms with Crippen molar-refractivity contribution in [2.24, 2.45) is 0 Å². The molecule has 0 spiro atoms. The Kier molecular flexibility index (Phi) is 3.28. The van der Waals surface area contributed by atoms with Crippen molar-refractivity contribution in [3.05, 3.63) is 44.5 Å². The van der Waals surface area contributed by atoms with Gasteiger partial charge in [-0.1, -0.05) is 11.8 Å². The molecule has 4 rings (SSSR count). The quantitative estimate of drug-likeness (QED) is 0.388. The van der Waals surface area contributed by atoms with Crippen molar-refractivity contribution in [2.75, 3.05) is 0 Å². The van der Waals surface area contributed by atoms with Crippen molar-refractivity contribution in [1.82, 2.24) is 20.6 Å². The van der Waals surface area contributed by atoms with Gasteiger partial charge in [-0.25, -0.2) is 9.26 Å². The molecule has 0 saturated carbocycles. The van der Waals surface area contributed by atoms with Gasteiger partial charge in [-0.05, 0) is 32.8 Å². The largest absolute Gasteiger partial charge is 0.300 e. The van der Waals surface area contributed by atoms with Gasteiger partial charge in [0.05, 0.1) is 9.85 Å². The molecule has 13 heteroatoms. The van der Waals surface area contributed by atoms with E-state index in [9.17, 15) is 20.2 Å². The molecule has 0 saturated heterocycles. The molecular formula is C12H4N6O6S. The predicted octanol–water partition coefficient (Wildman–Crippen LogP) is 2.73. The van der Waals surface area contributed by atoms with Gasteiger partial charge in [0.15, 0.2) is 11.0 Å². The van der Waals surface area contributed by atoms with E-state index >= 15 is 0 Å². The van der Waals surface area contributed by atoms with Gasteiger partial charge in [-0.15, -0.1) is 0 Å². The third kappa shape index (κ3) is 2.33. The van der Waals surface area contributed by atoms with Crippen LogP contribution in [0.3, 0.4) is 0 Å². The first-order valence-electron chi connectivity index (χ1n) is 6.53. The molecular weight excluding hydrogens is 356 g/mol.